The molecule has 1 amide bonds. The van der Waals surface area contributed by atoms with Crippen molar-refractivity contribution in [1.82, 2.24) is 5.32 Å². The molecule has 3 nitrogen and oxygen atoms in total. The fourth-order valence-electron chi connectivity index (χ4n) is 1.96. The fraction of sp³-hybridized carbons (Fsp3) is 0.417. The van der Waals surface area contributed by atoms with Crippen LogP contribution in [-0.4, -0.2) is 18.5 Å². The van der Waals surface area contributed by atoms with Crippen molar-refractivity contribution in [2.75, 3.05) is 11.9 Å². The van der Waals surface area contributed by atoms with Crippen molar-refractivity contribution >= 4 is 27.5 Å². The Morgan fingerprint density at radius 3 is 2.74 bits per heavy atom. The minimum absolute atomic E-state index is 0.0445. The minimum Gasteiger partial charge on any atom is -0.325 e. The molecule has 0 aliphatic carbocycles. The van der Waals surface area contributed by atoms with E-state index in [1.54, 1.807) is 0 Å². The van der Waals surface area contributed by atoms with Crippen LogP contribution in [0.15, 0.2) is 22.7 Å². The second-order valence-corrected chi connectivity index (χ2v) is 5.18. The maximum Gasteiger partial charge on any atom is 0.417 e. The highest BCUT2D eigenvalue weighted by Crippen LogP contribution is 2.36. The standard InChI is InChI=1S/C12H12BrF3N2O/c13-9-4-3-7(6-8(9)12(14,15)16)18-11(19)10-2-1-5-17-10/h3-4,6,10,17H,1-2,5H2,(H,18,19)/t10-/m0/s1. The zero-order valence-electron chi connectivity index (χ0n) is 9.85. The summed E-state index contributed by atoms with van der Waals surface area (Å²) in [7, 11) is 0. The summed E-state index contributed by atoms with van der Waals surface area (Å²) in [4.78, 5) is 11.8. The lowest BCUT2D eigenvalue weighted by molar-refractivity contribution is -0.138. The van der Waals surface area contributed by atoms with Crippen LogP contribution in [0, 0.1) is 0 Å². The van der Waals surface area contributed by atoms with Crippen LogP contribution in [0.4, 0.5) is 18.9 Å². The molecule has 19 heavy (non-hydrogen) atoms. The van der Waals surface area contributed by atoms with Gasteiger partial charge in [-0.05, 0) is 37.6 Å². The van der Waals surface area contributed by atoms with Gasteiger partial charge in [0, 0.05) is 10.2 Å². The van der Waals surface area contributed by atoms with Crippen LogP contribution in [0.25, 0.3) is 0 Å². The number of hydrogen-bond acceptors (Lipinski definition) is 2. The number of anilines is 1. The Balaban J connectivity index is 2.15. The van der Waals surface area contributed by atoms with Gasteiger partial charge in [0.15, 0.2) is 0 Å². The second-order valence-electron chi connectivity index (χ2n) is 4.33. The van der Waals surface area contributed by atoms with Gasteiger partial charge in [-0.2, -0.15) is 13.2 Å². The highest BCUT2D eigenvalue weighted by molar-refractivity contribution is 9.10. The van der Waals surface area contributed by atoms with Crippen molar-refractivity contribution in [1.29, 1.82) is 0 Å². The first-order valence-electron chi connectivity index (χ1n) is 5.79. The number of carbonyl (C=O) groups is 1. The molecule has 0 bridgehead atoms. The molecular weight excluding hydrogens is 325 g/mol. The van der Waals surface area contributed by atoms with E-state index in [1.165, 1.54) is 12.1 Å². The zero-order valence-corrected chi connectivity index (χ0v) is 11.4. The molecule has 2 rings (SSSR count). The van der Waals surface area contributed by atoms with Crippen molar-refractivity contribution < 1.29 is 18.0 Å². The first-order valence-corrected chi connectivity index (χ1v) is 6.58. The Bertz CT molecular complexity index is 484. The molecule has 0 unspecified atom stereocenters. The van der Waals surface area contributed by atoms with Gasteiger partial charge in [-0.25, -0.2) is 0 Å². The first kappa shape index (κ1) is 14.3. The van der Waals surface area contributed by atoms with E-state index >= 15 is 0 Å². The van der Waals surface area contributed by atoms with Gasteiger partial charge in [0.2, 0.25) is 5.91 Å². The van der Waals surface area contributed by atoms with Gasteiger partial charge < -0.3 is 10.6 Å². The molecule has 1 aliphatic heterocycles. The lowest BCUT2D eigenvalue weighted by atomic mass is 10.1. The SMILES string of the molecule is O=C(Nc1ccc(Br)c(C(F)(F)F)c1)[C@@H]1CCCN1. The smallest absolute Gasteiger partial charge is 0.325 e. The molecule has 0 aromatic heterocycles. The summed E-state index contributed by atoms with van der Waals surface area (Å²) in [5.74, 6) is -0.298. The summed E-state index contributed by atoms with van der Waals surface area (Å²) >= 11 is 2.85. The van der Waals surface area contributed by atoms with E-state index in [2.05, 4.69) is 26.6 Å². The van der Waals surface area contributed by atoms with Crippen molar-refractivity contribution in [3.63, 3.8) is 0 Å². The van der Waals surface area contributed by atoms with Crippen molar-refractivity contribution in [2.45, 2.75) is 25.1 Å². The van der Waals surface area contributed by atoms with Gasteiger partial charge in [0.05, 0.1) is 11.6 Å². The highest BCUT2D eigenvalue weighted by atomic mass is 79.9. The molecule has 0 saturated carbocycles. The highest BCUT2D eigenvalue weighted by Gasteiger charge is 2.33. The van der Waals surface area contributed by atoms with Crippen LogP contribution < -0.4 is 10.6 Å². The summed E-state index contributed by atoms with van der Waals surface area (Å²) in [6.07, 6.45) is -2.86. The fourth-order valence-corrected chi connectivity index (χ4v) is 2.43. The Kier molecular flexibility index (Phi) is 4.15. The average molecular weight is 337 g/mol. The van der Waals surface area contributed by atoms with E-state index in [1.807, 2.05) is 0 Å². The van der Waals surface area contributed by atoms with Crippen LogP contribution in [-0.2, 0) is 11.0 Å². The summed E-state index contributed by atoms with van der Waals surface area (Å²) in [5.41, 5.74) is -0.654. The van der Waals surface area contributed by atoms with E-state index in [0.29, 0.717) is 6.42 Å². The number of rotatable bonds is 2. The monoisotopic (exact) mass is 336 g/mol. The van der Waals surface area contributed by atoms with Crippen LogP contribution >= 0.6 is 15.9 Å². The molecule has 1 atom stereocenters. The maximum absolute atomic E-state index is 12.7. The normalized spacial score (nSPS) is 19.5. The number of benzene rings is 1. The van der Waals surface area contributed by atoms with Gasteiger partial charge in [-0.1, -0.05) is 15.9 Å². The summed E-state index contributed by atoms with van der Waals surface area (Å²) in [6.45, 7) is 0.756. The van der Waals surface area contributed by atoms with Crippen LogP contribution in [0.5, 0.6) is 0 Å². The quantitative estimate of drug-likeness (QED) is 0.871. The lowest BCUT2D eigenvalue weighted by Gasteiger charge is -2.14. The van der Waals surface area contributed by atoms with E-state index in [4.69, 9.17) is 0 Å². The maximum atomic E-state index is 12.7. The first-order chi connectivity index (χ1) is 8.88. The molecule has 0 radical (unpaired) electrons. The van der Waals surface area contributed by atoms with E-state index in [0.717, 1.165) is 19.0 Å². The van der Waals surface area contributed by atoms with E-state index in [-0.39, 0.29) is 22.1 Å². The molecule has 1 heterocycles. The summed E-state index contributed by atoms with van der Waals surface area (Å²) in [5, 5.41) is 5.49. The van der Waals surface area contributed by atoms with E-state index in [9.17, 15) is 18.0 Å². The van der Waals surface area contributed by atoms with Gasteiger partial charge in [-0.15, -0.1) is 0 Å². The molecular formula is C12H12BrF3N2O. The van der Waals surface area contributed by atoms with Crippen LogP contribution in [0.3, 0.4) is 0 Å². The molecule has 7 heteroatoms. The van der Waals surface area contributed by atoms with Crippen molar-refractivity contribution in [3.8, 4) is 0 Å². The Morgan fingerprint density at radius 1 is 1.42 bits per heavy atom. The van der Waals surface area contributed by atoms with Gasteiger partial charge in [0.1, 0.15) is 0 Å². The zero-order chi connectivity index (χ0) is 14.0. The van der Waals surface area contributed by atoms with Crippen LogP contribution in [0.2, 0.25) is 0 Å². The Morgan fingerprint density at radius 2 is 2.16 bits per heavy atom. The number of amides is 1. The molecule has 2 N–H and O–H groups in total. The third kappa shape index (κ3) is 3.48. The Hall–Kier alpha value is -1.08. The predicted octanol–water partition coefficient (Wildman–Crippen LogP) is 3.16. The molecule has 1 aliphatic rings. The summed E-state index contributed by atoms with van der Waals surface area (Å²) in [6, 6.07) is 3.32. The number of hydrogen-bond donors (Lipinski definition) is 2. The molecule has 1 fully saturated rings. The molecule has 1 saturated heterocycles. The number of carbonyl (C=O) groups excluding carboxylic acids is 1. The molecule has 1 aromatic rings. The lowest BCUT2D eigenvalue weighted by Crippen LogP contribution is -2.35. The third-order valence-corrected chi connectivity index (χ3v) is 3.61. The van der Waals surface area contributed by atoms with Crippen molar-refractivity contribution in [2.24, 2.45) is 0 Å². The van der Waals surface area contributed by atoms with E-state index < -0.39 is 11.7 Å². The van der Waals surface area contributed by atoms with Crippen LogP contribution in [0.1, 0.15) is 18.4 Å². The second kappa shape index (κ2) is 5.50. The number of nitrogens with one attached hydrogen (secondary N) is 2. The summed E-state index contributed by atoms with van der Waals surface area (Å²) < 4.78 is 38.1. The predicted molar refractivity (Wildman–Crippen MR) is 68.8 cm³/mol. The molecule has 0 spiro atoms. The molecule has 1 aromatic carbocycles. The van der Waals surface area contributed by atoms with Gasteiger partial charge >= 0.3 is 6.18 Å². The van der Waals surface area contributed by atoms with Gasteiger partial charge in [0.25, 0.3) is 0 Å². The van der Waals surface area contributed by atoms with Gasteiger partial charge in [-0.3, -0.25) is 4.79 Å². The minimum atomic E-state index is -4.45. The topological polar surface area (TPSA) is 41.1 Å². The largest absolute Gasteiger partial charge is 0.417 e. The Labute approximate surface area is 116 Å². The number of halogens is 4. The van der Waals surface area contributed by atoms with Crippen molar-refractivity contribution in [3.05, 3.63) is 28.2 Å². The average Bonchev–Trinajstić information content (AvgIpc) is 2.83. The molecule has 104 valence electrons. The third-order valence-electron chi connectivity index (χ3n) is 2.92. The number of alkyl halides is 3.